The lowest BCUT2D eigenvalue weighted by molar-refractivity contribution is -0.135. The van der Waals surface area contributed by atoms with Gasteiger partial charge in [0.2, 0.25) is 17.6 Å². The standard InChI is InChI=1S/C10H13ClN4O2/c11-10-12-1-2-15(10)7-9(17)14-5-3-13(8-16)4-6-14/h1-2,8H,3-7H2. The molecule has 1 saturated heterocycles. The van der Waals surface area contributed by atoms with Crippen molar-refractivity contribution in [1.29, 1.82) is 0 Å². The van der Waals surface area contributed by atoms with E-state index in [9.17, 15) is 9.59 Å². The molecule has 1 aliphatic rings. The van der Waals surface area contributed by atoms with Crippen LogP contribution in [0.3, 0.4) is 0 Å². The number of aromatic nitrogens is 2. The maximum Gasteiger partial charge on any atom is 0.242 e. The fraction of sp³-hybridized carbons (Fsp3) is 0.500. The Bertz CT molecular complexity index is 412. The van der Waals surface area contributed by atoms with E-state index in [1.165, 1.54) is 0 Å². The van der Waals surface area contributed by atoms with Crippen molar-refractivity contribution in [3.05, 3.63) is 17.7 Å². The average molecular weight is 257 g/mol. The maximum atomic E-state index is 11.9. The third-order valence-electron chi connectivity index (χ3n) is 2.79. The zero-order valence-electron chi connectivity index (χ0n) is 9.25. The Balaban J connectivity index is 1.89. The zero-order valence-corrected chi connectivity index (χ0v) is 10.0. The Hall–Kier alpha value is -1.56. The second kappa shape index (κ2) is 5.18. The van der Waals surface area contributed by atoms with Gasteiger partial charge in [-0.2, -0.15) is 0 Å². The zero-order chi connectivity index (χ0) is 12.3. The van der Waals surface area contributed by atoms with Gasteiger partial charge in [-0.1, -0.05) is 0 Å². The number of hydrogen-bond donors (Lipinski definition) is 0. The molecule has 2 amide bonds. The molecule has 0 spiro atoms. The number of halogens is 1. The second-order valence-electron chi connectivity index (χ2n) is 3.85. The van der Waals surface area contributed by atoms with Crippen LogP contribution < -0.4 is 0 Å². The van der Waals surface area contributed by atoms with Gasteiger partial charge in [0, 0.05) is 38.6 Å². The minimum absolute atomic E-state index is 0.00421. The van der Waals surface area contributed by atoms with Crippen LogP contribution in [0.1, 0.15) is 0 Å². The van der Waals surface area contributed by atoms with Crippen LogP contribution in [0.5, 0.6) is 0 Å². The third-order valence-corrected chi connectivity index (χ3v) is 3.10. The highest BCUT2D eigenvalue weighted by Gasteiger charge is 2.20. The van der Waals surface area contributed by atoms with Crippen molar-refractivity contribution in [2.45, 2.75) is 6.54 Å². The number of imidazole rings is 1. The molecular weight excluding hydrogens is 244 g/mol. The highest BCUT2D eigenvalue weighted by molar-refractivity contribution is 6.28. The average Bonchev–Trinajstić information content (AvgIpc) is 2.75. The smallest absolute Gasteiger partial charge is 0.242 e. The van der Waals surface area contributed by atoms with Gasteiger partial charge in [0.15, 0.2) is 0 Å². The molecule has 0 saturated carbocycles. The lowest BCUT2D eigenvalue weighted by Crippen LogP contribution is -2.48. The monoisotopic (exact) mass is 256 g/mol. The minimum atomic E-state index is -0.00421. The molecular formula is C10H13ClN4O2. The van der Waals surface area contributed by atoms with Crippen molar-refractivity contribution >= 4 is 23.9 Å². The van der Waals surface area contributed by atoms with E-state index < -0.39 is 0 Å². The van der Waals surface area contributed by atoms with Gasteiger partial charge in [-0.15, -0.1) is 0 Å². The van der Waals surface area contributed by atoms with E-state index in [1.54, 1.807) is 26.8 Å². The highest BCUT2D eigenvalue weighted by Crippen LogP contribution is 2.07. The molecule has 17 heavy (non-hydrogen) atoms. The van der Waals surface area contributed by atoms with Gasteiger partial charge >= 0.3 is 0 Å². The Labute approximate surface area is 104 Å². The number of nitrogens with zero attached hydrogens (tertiary/aromatic N) is 4. The van der Waals surface area contributed by atoms with Crippen molar-refractivity contribution in [1.82, 2.24) is 19.4 Å². The summed E-state index contributed by atoms with van der Waals surface area (Å²) in [4.78, 5) is 29.7. The predicted molar refractivity (Wildman–Crippen MR) is 61.5 cm³/mol. The second-order valence-corrected chi connectivity index (χ2v) is 4.18. The normalized spacial score (nSPS) is 16.1. The number of carbonyl (C=O) groups excluding carboxylic acids is 2. The van der Waals surface area contributed by atoms with Crippen molar-refractivity contribution in [3.8, 4) is 0 Å². The van der Waals surface area contributed by atoms with Crippen molar-refractivity contribution in [2.75, 3.05) is 26.2 Å². The minimum Gasteiger partial charge on any atom is -0.342 e. The lowest BCUT2D eigenvalue weighted by Gasteiger charge is -2.32. The molecule has 0 atom stereocenters. The predicted octanol–water partition coefficient (Wildman–Crippen LogP) is -0.163. The van der Waals surface area contributed by atoms with Crippen LogP contribution in [0.2, 0.25) is 5.28 Å². The van der Waals surface area contributed by atoms with Crippen LogP contribution in [0.15, 0.2) is 12.4 Å². The van der Waals surface area contributed by atoms with E-state index in [1.807, 2.05) is 0 Å². The van der Waals surface area contributed by atoms with Crippen molar-refractivity contribution in [3.63, 3.8) is 0 Å². The summed E-state index contributed by atoms with van der Waals surface area (Å²) in [6, 6.07) is 0. The molecule has 0 aromatic carbocycles. The van der Waals surface area contributed by atoms with E-state index in [0.29, 0.717) is 31.5 Å². The molecule has 1 aromatic rings. The van der Waals surface area contributed by atoms with Crippen LogP contribution in [-0.2, 0) is 16.1 Å². The quantitative estimate of drug-likeness (QED) is 0.706. The summed E-state index contributed by atoms with van der Waals surface area (Å²) in [6.07, 6.45) is 4.04. The SMILES string of the molecule is O=CN1CCN(C(=O)Cn2ccnc2Cl)CC1. The summed E-state index contributed by atoms with van der Waals surface area (Å²) in [5.41, 5.74) is 0. The number of rotatable bonds is 3. The van der Waals surface area contributed by atoms with Crippen LogP contribution >= 0.6 is 11.6 Å². The first-order valence-electron chi connectivity index (χ1n) is 5.34. The van der Waals surface area contributed by atoms with Gasteiger partial charge in [-0.3, -0.25) is 9.59 Å². The summed E-state index contributed by atoms with van der Waals surface area (Å²) in [7, 11) is 0. The van der Waals surface area contributed by atoms with E-state index in [2.05, 4.69) is 4.98 Å². The lowest BCUT2D eigenvalue weighted by atomic mass is 10.3. The topological polar surface area (TPSA) is 58.4 Å². The fourth-order valence-corrected chi connectivity index (χ4v) is 1.92. The van der Waals surface area contributed by atoms with E-state index >= 15 is 0 Å². The largest absolute Gasteiger partial charge is 0.342 e. The summed E-state index contributed by atoms with van der Waals surface area (Å²) < 4.78 is 1.59. The first-order chi connectivity index (χ1) is 8.20. The third kappa shape index (κ3) is 2.76. The number of amides is 2. The molecule has 92 valence electrons. The van der Waals surface area contributed by atoms with Gasteiger partial charge in [0.25, 0.3) is 0 Å². The van der Waals surface area contributed by atoms with Gasteiger partial charge in [-0.05, 0) is 11.6 Å². The summed E-state index contributed by atoms with van der Waals surface area (Å²) in [5, 5.41) is 0.310. The molecule has 0 N–H and O–H groups in total. The molecule has 7 heteroatoms. The molecule has 0 bridgehead atoms. The molecule has 2 rings (SSSR count). The number of piperazine rings is 1. The van der Waals surface area contributed by atoms with Gasteiger partial charge < -0.3 is 14.4 Å². The maximum absolute atomic E-state index is 11.9. The fourth-order valence-electron chi connectivity index (χ4n) is 1.75. The molecule has 1 aromatic heterocycles. The number of carbonyl (C=O) groups is 2. The Morgan fingerprint density at radius 2 is 2.12 bits per heavy atom. The molecule has 1 aliphatic heterocycles. The van der Waals surface area contributed by atoms with Crippen LogP contribution in [0.4, 0.5) is 0 Å². The molecule has 1 fully saturated rings. The van der Waals surface area contributed by atoms with Crippen LogP contribution in [0.25, 0.3) is 0 Å². The Kier molecular flexibility index (Phi) is 3.63. The van der Waals surface area contributed by atoms with Crippen molar-refractivity contribution < 1.29 is 9.59 Å². The number of hydrogen-bond acceptors (Lipinski definition) is 3. The first kappa shape index (κ1) is 11.9. The van der Waals surface area contributed by atoms with E-state index in [-0.39, 0.29) is 12.5 Å². The van der Waals surface area contributed by atoms with E-state index in [0.717, 1.165) is 6.41 Å². The molecule has 6 nitrogen and oxygen atoms in total. The molecule has 0 unspecified atom stereocenters. The van der Waals surface area contributed by atoms with Gasteiger partial charge in [-0.25, -0.2) is 4.98 Å². The molecule has 0 radical (unpaired) electrons. The summed E-state index contributed by atoms with van der Waals surface area (Å²) in [5.74, 6) is -0.00421. The Morgan fingerprint density at radius 1 is 1.41 bits per heavy atom. The summed E-state index contributed by atoms with van der Waals surface area (Å²) >= 11 is 5.79. The highest BCUT2D eigenvalue weighted by atomic mass is 35.5. The van der Waals surface area contributed by atoms with Gasteiger partial charge in [0.1, 0.15) is 6.54 Å². The van der Waals surface area contributed by atoms with Gasteiger partial charge in [0.05, 0.1) is 0 Å². The summed E-state index contributed by atoms with van der Waals surface area (Å²) in [6.45, 7) is 2.52. The Morgan fingerprint density at radius 3 is 2.65 bits per heavy atom. The van der Waals surface area contributed by atoms with Crippen molar-refractivity contribution in [2.24, 2.45) is 0 Å². The molecule has 2 heterocycles. The van der Waals surface area contributed by atoms with Crippen LogP contribution in [0, 0.1) is 0 Å². The van der Waals surface area contributed by atoms with Crippen LogP contribution in [-0.4, -0.2) is 57.8 Å². The first-order valence-corrected chi connectivity index (χ1v) is 5.72. The molecule has 0 aliphatic carbocycles. The van der Waals surface area contributed by atoms with E-state index in [4.69, 9.17) is 11.6 Å².